The molecular formula is C11H16ClN3O. The Morgan fingerprint density at radius 3 is 2.88 bits per heavy atom. The highest BCUT2D eigenvalue weighted by Crippen LogP contribution is 2.38. The molecule has 1 fully saturated rings. The van der Waals surface area contributed by atoms with Gasteiger partial charge >= 0.3 is 0 Å². The second kappa shape index (κ2) is 4.87. The van der Waals surface area contributed by atoms with E-state index in [0.717, 1.165) is 12.8 Å². The highest BCUT2D eigenvalue weighted by molar-refractivity contribution is 6.18. The number of nitrogens with one attached hydrogen (secondary N) is 2. The van der Waals surface area contributed by atoms with Gasteiger partial charge < -0.3 is 5.32 Å². The summed E-state index contributed by atoms with van der Waals surface area (Å²) in [5.41, 5.74) is 0.684. The summed E-state index contributed by atoms with van der Waals surface area (Å²) in [7, 11) is 0. The first-order valence-corrected chi connectivity index (χ1v) is 6.12. The molecule has 0 bridgehead atoms. The third-order valence-corrected chi connectivity index (χ3v) is 3.90. The highest BCUT2D eigenvalue weighted by Gasteiger charge is 2.33. The molecule has 1 aliphatic rings. The predicted octanol–water partition coefficient (Wildman–Crippen LogP) is 1.94. The van der Waals surface area contributed by atoms with E-state index in [4.69, 9.17) is 11.6 Å². The van der Waals surface area contributed by atoms with E-state index in [0.29, 0.717) is 18.0 Å². The first-order chi connectivity index (χ1) is 7.76. The SMILES string of the molecule is O=C(NCC1(CCl)CCCC1)c1cn[nH]c1. The third-order valence-electron chi connectivity index (χ3n) is 3.33. The number of carbonyl (C=O) groups is 1. The predicted molar refractivity (Wildman–Crippen MR) is 62.5 cm³/mol. The Morgan fingerprint density at radius 1 is 1.56 bits per heavy atom. The second-order valence-corrected chi connectivity index (χ2v) is 4.78. The first kappa shape index (κ1) is 11.5. The number of halogens is 1. The summed E-state index contributed by atoms with van der Waals surface area (Å²) in [5, 5.41) is 9.31. The summed E-state index contributed by atoms with van der Waals surface area (Å²) < 4.78 is 0. The number of aromatic nitrogens is 2. The van der Waals surface area contributed by atoms with Crippen molar-refractivity contribution in [2.75, 3.05) is 12.4 Å². The van der Waals surface area contributed by atoms with Gasteiger partial charge in [-0.25, -0.2) is 0 Å². The van der Waals surface area contributed by atoms with Gasteiger partial charge in [0.05, 0.1) is 11.8 Å². The van der Waals surface area contributed by atoms with E-state index >= 15 is 0 Å². The van der Waals surface area contributed by atoms with Crippen LogP contribution < -0.4 is 5.32 Å². The van der Waals surface area contributed by atoms with Crippen LogP contribution in [0.2, 0.25) is 0 Å². The molecule has 1 saturated carbocycles. The van der Waals surface area contributed by atoms with Crippen LogP contribution in [-0.2, 0) is 0 Å². The molecule has 5 heteroatoms. The van der Waals surface area contributed by atoms with E-state index in [1.165, 1.54) is 19.0 Å². The van der Waals surface area contributed by atoms with Crippen molar-refractivity contribution in [2.45, 2.75) is 25.7 Å². The van der Waals surface area contributed by atoms with Crippen molar-refractivity contribution >= 4 is 17.5 Å². The Balaban J connectivity index is 1.89. The molecule has 0 atom stereocenters. The van der Waals surface area contributed by atoms with Crippen molar-refractivity contribution in [3.05, 3.63) is 18.0 Å². The number of aromatic amines is 1. The number of alkyl halides is 1. The lowest BCUT2D eigenvalue weighted by Gasteiger charge is -2.26. The molecule has 2 rings (SSSR count). The van der Waals surface area contributed by atoms with Crippen LogP contribution in [0.4, 0.5) is 0 Å². The topological polar surface area (TPSA) is 57.8 Å². The minimum atomic E-state index is -0.0786. The number of hydrogen-bond donors (Lipinski definition) is 2. The van der Waals surface area contributed by atoms with Gasteiger partial charge in [-0.05, 0) is 12.8 Å². The van der Waals surface area contributed by atoms with Crippen LogP contribution in [0.25, 0.3) is 0 Å². The van der Waals surface area contributed by atoms with Gasteiger partial charge in [0.1, 0.15) is 0 Å². The maximum atomic E-state index is 11.7. The Hall–Kier alpha value is -1.03. The van der Waals surface area contributed by atoms with Crippen molar-refractivity contribution in [1.29, 1.82) is 0 Å². The average Bonchev–Trinajstić information content (AvgIpc) is 2.98. The summed E-state index contributed by atoms with van der Waals surface area (Å²) in [6.45, 7) is 0.667. The molecule has 0 spiro atoms. The van der Waals surface area contributed by atoms with Gasteiger partial charge in [0.15, 0.2) is 0 Å². The van der Waals surface area contributed by atoms with Crippen LogP contribution in [0.5, 0.6) is 0 Å². The molecule has 0 radical (unpaired) electrons. The third kappa shape index (κ3) is 2.38. The van der Waals surface area contributed by atoms with Crippen LogP contribution in [-0.4, -0.2) is 28.5 Å². The van der Waals surface area contributed by atoms with Crippen LogP contribution in [0.1, 0.15) is 36.0 Å². The van der Waals surface area contributed by atoms with Gasteiger partial charge in [0.2, 0.25) is 0 Å². The van der Waals surface area contributed by atoms with E-state index in [1.54, 1.807) is 6.20 Å². The van der Waals surface area contributed by atoms with Crippen molar-refractivity contribution in [1.82, 2.24) is 15.5 Å². The number of rotatable bonds is 4. The fourth-order valence-corrected chi connectivity index (χ4v) is 2.59. The molecule has 2 N–H and O–H groups in total. The van der Waals surface area contributed by atoms with E-state index in [1.807, 2.05) is 0 Å². The molecule has 0 aromatic carbocycles. The summed E-state index contributed by atoms with van der Waals surface area (Å²) in [6.07, 6.45) is 7.78. The normalized spacial score (nSPS) is 18.6. The molecule has 1 aromatic heterocycles. The number of H-pyrrole nitrogens is 1. The Labute approximate surface area is 99.8 Å². The van der Waals surface area contributed by atoms with E-state index < -0.39 is 0 Å². The largest absolute Gasteiger partial charge is 0.351 e. The van der Waals surface area contributed by atoms with Gasteiger partial charge in [0.25, 0.3) is 5.91 Å². The fraction of sp³-hybridized carbons (Fsp3) is 0.636. The zero-order chi connectivity index (χ0) is 11.4. The van der Waals surface area contributed by atoms with Crippen LogP contribution in [0.15, 0.2) is 12.4 Å². The zero-order valence-corrected chi connectivity index (χ0v) is 9.89. The van der Waals surface area contributed by atoms with E-state index in [-0.39, 0.29) is 11.3 Å². The lowest BCUT2D eigenvalue weighted by atomic mass is 9.88. The minimum Gasteiger partial charge on any atom is -0.351 e. The van der Waals surface area contributed by atoms with Crippen LogP contribution in [0, 0.1) is 5.41 Å². The molecular weight excluding hydrogens is 226 g/mol. The molecule has 16 heavy (non-hydrogen) atoms. The lowest BCUT2D eigenvalue weighted by molar-refractivity contribution is 0.0935. The zero-order valence-electron chi connectivity index (χ0n) is 9.13. The fourth-order valence-electron chi connectivity index (χ4n) is 2.23. The highest BCUT2D eigenvalue weighted by atomic mass is 35.5. The molecule has 0 aliphatic heterocycles. The standard InChI is InChI=1S/C11H16ClN3O/c12-7-11(3-1-2-4-11)8-13-10(16)9-5-14-15-6-9/h5-6H,1-4,7-8H2,(H,13,16)(H,14,15). The molecule has 1 aromatic rings. The monoisotopic (exact) mass is 241 g/mol. The Kier molecular flexibility index (Phi) is 3.49. The average molecular weight is 242 g/mol. The molecule has 4 nitrogen and oxygen atoms in total. The van der Waals surface area contributed by atoms with Gasteiger partial charge in [-0.2, -0.15) is 5.10 Å². The molecule has 1 aliphatic carbocycles. The molecule has 1 amide bonds. The number of hydrogen-bond acceptors (Lipinski definition) is 2. The van der Waals surface area contributed by atoms with Crippen molar-refractivity contribution < 1.29 is 4.79 Å². The Bertz CT molecular complexity index is 344. The van der Waals surface area contributed by atoms with Gasteiger partial charge in [-0.1, -0.05) is 12.8 Å². The summed E-state index contributed by atoms with van der Waals surface area (Å²) in [6, 6.07) is 0. The number of nitrogens with zero attached hydrogens (tertiary/aromatic N) is 1. The Morgan fingerprint density at radius 2 is 2.31 bits per heavy atom. The smallest absolute Gasteiger partial charge is 0.254 e. The minimum absolute atomic E-state index is 0.0786. The number of carbonyl (C=O) groups excluding carboxylic acids is 1. The molecule has 0 saturated heterocycles. The first-order valence-electron chi connectivity index (χ1n) is 5.59. The van der Waals surface area contributed by atoms with Gasteiger partial charge in [0, 0.05) is 24.0 Å². The maximum absolute atomic E-state index is 11.7. The van der Waals surface area contributed by atoms with Gasteiger partial charge in [-0.15, -0.1) is 11.6 Å². The van der Waals surface area contributed by atoms with Crippen molar-refractivity contribution in [3.8, 4) is 0 Å². The van der Waals surface area contributed by atoms with Gasteiger partial charge in [-0.3, -0.25) is 9.89 Å². The lowest BCUT2D eigenvalue weighted by Crippen LogP contribution is -2.37. The number of amides is 1. The van der Waals surface area contributed by atoms with E-state index in [9.17, 15) is 4.79 Å². The van der Waals surface area contributed by atoms with Crippen molar-refractivity contribution in [3.63, 3.8) is 0 Å². The van der Waals surface area contributed by atoms with Crippen LogP contribution >= 0.6 is 11.6 Å². The quantitative estimate of drug-likeness (QED) is 0.792. The molecule has 88 valence electrons. The molecule has 1 heterocycles. The van der Waals surface area contributed by atoms with E-state index in [2.05, 4.69) is 15.5 Å². The summed E-state index contributed by atoms with van der Waals surface area (Å²) in [5.74, 6) is 0.545. The second-order valence-electron chi connectivity index (χ2n) is 4.51. The summed E-state index contributed by atoms with van der Waals surface area (Å²) in [4.78, 5) is 11.7. The summed E-state index contributed by atoms with van der Waals surface area (Å²) >= 11 is 6.00. The maximum Gasteiger partial charge on any atom is 0.254 e. The van der Waals surface area contributed by atoms with Crippen molar-refractivity contribution in [2.24, 2.45) is 5.41 Å². The molecule has 0 unspecified atom stereocenters. The van der Waals surface area contributed by atoms with Crippen LogP contribution in [0.3, 0.4) is 0 Å².